The lowest BCUT2D eigenvalue weighted by Gasteiger charge is -2.27. The van der Waals surface area contributed by atoms with Gasteiger partial charge in [-0.05, 0) is 6.92 Å². The van der Waals surface area contributed by atoms with Gasteiger partial charge < -0.3 is 15.0 Å². The number of nitrogens with zero attached hydrogens (tertiary/aromatic N) is 4. The van der Waals surface area contributed by atoms with Crippen LogP contribution in [-0.4, -0.2) is 48.2 Å². The lowest BCUT2D eigenvalue weighted by molar-refractivity contribution is -0.385. The molecular weight excluding hydrogens is 238 g/mol. The number of rotatable bonds is 3. The van der Waals surface area contributed by atoms with Gasteiger partial charge in [0.2, 0.25) is 11.8 Å². The van der Waals surface area contributed by atoms with E-state index in [9.17, 15) is 10.1 Å². The van der Waals surface area contributed by atoms with Crippen molar-refractivity contribution in [1.29, 1.82) is 0 Å². The standard InChI is InChI=1S/C10H15N5O3/c1-7-8(15(16)17)9(11-2)13-10(12-7)14-3-5-18-6-4-14/h3-6H2,1-2H3,(H,11,12,13). The maximum Gasteiger partial charge on any atom is 0.332 e. The van der Waals surface area contributed by atoms with Gasteiger partial charge in [-0.2, -0.15) is 4.98 Å². The fourth-order valence-corrected chi connectivity index (χ4v) is 1.85. The molecule has 1 N–H and O–H groups in total. The number of hydrogen-bond acceptors (Lipinski definition) is 7. The molecule has 1 aliphatic rings. The first kappa shape index (κ1) is 12.5. The third-order valence-corrected chi connectivity index (χ3v) is 2.76. The largest absolute Gasteiger partial charge is 0.378 e. The van der Waals surface area contributed by atoms with Crippen molar-refractivity contribution in [3.8, 4) is 0 Å². The normalized spacial score (nSPS) is 15.6. The molecule has 0 aromatic carbocycles. The highest BCUT2D eigenvalue weighted by Crippen LogP contribution is 2.27. The SMILES string of the molecule is CNc1nc(N2CCOCC2)nc(C)c1[N+](=O)[O-]. The number of nitrogens with one attached hydrogen (secondary N) is 1. The lowest BCUT2D eigenvalue weighted by atomic mass is 10.3. The molecular formula is C10H15N5O3. The van der Waals surface area contributed by atoms with E-state index in [1.54, 1.807) is 14.0 Å². The van der Waals surface area contributed by atoms with E-state index in [1.165, 1.54) is 0 Å². The van der Waals surface area contributed by atoms with Crippen molar-refractivity contribution in [2.75, 3.05) is 43.6 Å². The van der Waals surface area contributed by atoms with Crippen LogP contribution in [0.15, 0.2) is 0 Å². The topological polar surface area (TPSA) is 93.4 Å². The number of anilines is 2. The second kappa shape index (κ2) is 5.13. The predicted octanol–water partition coefficient (Wildman–Crippen LogP) is 0.572. The summed E-state index contributed by atoms with van der Waals surface area (Å²) < 4.78 is 5.25. The van der Waals surface area contributed by atoms with Crippen LogP contribution in [0.3, 0.4) is 0 Å². The summed E-state index contributed by atoms with van der Waals surface area (Å²) in [5.74, 6) is 0.750. The van der Waals surface area contributed by atoms with Crippen LogP contribution in [0, 0.1) is 17.0 Å². The van der Waals surface area contributed by atoms with Crippen LogP contribution in [0.5, 0.6) is 0 Å². The molecule has 2 heterocycles. The molecule has 18 heavy (non-hydrogen) atoms. The van der Waals surface area contributed by atoms with Crippen LogP contribution in [0.25, 0.3) is 0 Å². The smallest absolute Gasteiger partial charge is 0.332 e. The first-order valence-corrected chi connectivity index (χ1v) is 5.67. The van der Waals surface area contributed by atoms with E-state index in [2.05, 4.69) is 15.3 Å². The summed E-state index contributed by atoms with van der Waals surface area (Å²) in [4.78, 5) is 20.8. The van der Waals surface area contributed by atoms with Crippen molar-refractivity contribution in [1.82, 2.24) is 9.97 Å². The molecule has 0 aliphatic carbocycles. The monoisotopic (exact) mass is 253 g/mol. The number of ether oxygens (including phenoxy) is 1. The molecule has 0 radical (unpaired) electrons. The number of morpholine rings is 1. The number of aromatic nitrogens is 2. The summed E-state index contributed by atoms with van der Waals surface area (Å²) in [5.41, 5.74) is 0.287. The van der Waals surface area contributed by atoms with Gasteiger partial charge in [-0.1, -0.05) is 0 Å². The highest BCUT2D eigenvalue weighted by Gasteiger charge is 2.23. The second-order valence-electron chi connectivity index (χ2n) is 3.91. The minimum atomic E-state index is -0.468. The Morgan fingerprint density at radius 2 is 2.06 bits per heavy atom. The fraction of sp³-hybridized carbons (Fsp3) is 0.600. The van der Waals surface area contributed by atoms with Gasteiger partial charge in [-0.15, -0.1) is 0 Å². The molecule has 98 valence electrons. The summed E-state index contributed by atoms with van der Waals surface area (Å²) in [6.45, 7) is 4.24. The summed E-state index contributed by atoms with van der Waals surface area (Å²) in [5, 5.41) is 13.7. The molecule has 0 bridgehead atoms. The van der Waals surface area contributed by atoms with E-state index >= 15 is 0 Å². The van der Waals surface area contributed by atoms with Crippen molar-refractivity contribution in [3.05, 3.63) is 15.8 Å². The Hall–Kier alpha value is -1.96. The van der Waals surface area contributed by atoms with Gasteiger partial charge in [0.25, 0.3) is 0 Å². The molecule has 1 aromatic heterocycles. The molecule has 0 amide bonds. The molecule has 1 saturated heterocycles. The summed E-state index contributed by atoms with van der Waals surface area (Å²) in [6, 6.07) is 0. The Balaban J connectivity index is 2.38. The van der Waals surface area contributed by atoms with Crippen LogP contribution < -0.4 is 10.2 Å². The van der Waals surface area contributed by atoms with Crippen molar-refractivity contribution >= 4 is 17.5 Å². The molecule has 8 nitrogen and oxygen atoms in total. The van der Waals surface area contributed by atoms with Gasteiger partial charge in [0.15, 0.2) is 0 Å². The van der Waals surface area contributed by atoms with Crippen molar-refractivity contribution in [3.63, 3.8) is 0 Å². The molecule has 0 atom stereocenters. The van der Waals surface area contributed by atoms with E-state index in [0.29, 0.717) is 37.9 Å². The van der Waals surface area contributed by atoms with E-state index in [-0.39, 0.29) is 11.5 Å². The molecule has 1 fully saturated rings. The van der Waals surface area contributed by atoms with Crippen LogP contribution in [0.1, 0.15) is 5.69 Å². The Kier molecular flexibility index (Phi) is 3.56. The molecule has 0 unspecified atom stereocenters. The summed E-state index contributed by atoms with van der Waals surface area (Å²) >= 11 is 0. The zero-order chi connectivity index (χ0) is 13.1. The zero-order valence-electron chi connectivity index (χ0n) is 10.3. The van der Waals surface area contributed by atoms with Crippen molar-refractivity contribution < 1.29 is 9.66 Å². The average molecular weight is 253 g/mol. The van der Waals surface area contributed by atoms with E-state index in [1.807, 2.05) is 4.90 Å². The first-order chi connectivity index (χ1) is 8.63. The second-order valence-corrected chi connectivity index (χ2v) is 3.91. The Morgan fingerprint density at radius 3 is 2.61 bits per heavy atom. The number of nitro groups is 1. The molecule has 8 heteroatoms. The first-order valence-electron chi connectivity index (χ1n) is 5.67. The zero-order valence-corrected chi connectivity index (χ0v) is 10.3. The third kappa shape index (κ3) is 2.33. The lowest BCUT2D eigenvalue weighted by Crippen LogP contribution is -2.37. The minimum absolute atomic E-state index is 0.0745. The molecule has 0 saturated carbocycles. The van der Waals surface area contributed by atoms with Gasteiger partial charge in [0.05, 0.1) is 18.1 Å². The minimum Gasteiger partial charge on any atom is -0.378 e. The Bertz CT molecular complexity index is 459. The Morgan fingerprint density at radius 1 is 1.39 bits per heavy atom. The van der Waals surface area contributed by atoms with Crippen molar-refractivity contribution in [2.24, 2.45) is 0 Å². The van der Waals surface area contributed by atoms with Crippen molar-refractivity contribution in [2.45, 2.75) is 6.92 Å². The van der Waals surface area contributed by atoms with E-state index in [4.69, 9.17) is 4.74 Å². The van der Waals surface area contributed by atoms with E-state index in [0.717, 1.165) is 0 Å². The van der Waals surface area contributed by atoms with E-state index < -0.39 is 4.92 Å². The van der Waals surface area contributed by atoms with Crippen LogP contribution in [0.2, 0.25) is 0 Å². The predicted molar refractivity (Wildman–Crippen MR) is 66.0 cm³/mol. The molecule has 2 rings (SSSR count). The highest BCUT2D eigenvalue weighted by molar-refractivity contribution is 5.60. The molecule has 1 aromatic rings. The van der Waals surface area contributed by atoms with Gasteiger partial charge >= 0.3 is 5.69 Å². The summed E-state index contributed by atoms with van der Waals surface area (Å²) in [6.07, 6.45) is 0. The average Bonchev–Trinajstić information content (AvgIpc) is 2.38. The molecule has 0 spiro atoms. The van der Waals surface area contributed by atoms with Gasteiger partial charge in [0.1, 0.15) is 5.69 Å². The maximum absolute atomic E-state index is 10.9. The van der Waals surface area contributed by atoms with Gasteiger partial charge in [-0.25, -0.2) is 4.98 Å². The number of hydrogen-bond donors (Lipinski definition) is 1. The van der Waals surface area contributed by atoms with Crippen LogP contribution >= 0.6 is 0 Å². The van der Waals surface area contributed by atoms with Crippen LogP contribution in [-0.2, 0) is 4.74 Å². The third-order valence-electron chi connectivity index (χ3n) is 2.76. The maximum atomic E-state index is 10.9. The number of aryl methyl sites for hydroxylation is 1. The van der Waals surface area contributed by atoms with Crippen LogP contribution in [0.4, 0.5) is 17.5 Å². The molecule has 1 aliphatic heterocycles. The summed E-state index contributed by atoms with van der Waals surface area (Å²) in [7, 11) is 1.61. The Labute approximate surface area is 104 Å². The van der Waals surface area contributed by atoms with Gasteiger partial charge in [-0.3, -0.25) is 10.1 Å². The van der Waals surface area contributed by atoms with Gasteiger partial charge in [0, 0.05) is 20.1 Å². The fourth-order valence-electron chi connectivity index (χ4n) is 1.85. The quantitative estimate of drug-likeness (QED) is 0.621. The highest BCUT2D eigenvalue weighted by atomic mass is 16.6.